The molecule has 1 unspecified atom stereocenters. The first kappa shape index (κ1) is 19.0. The third kappa shape index (κ3) is 3.16. The summed E-state index contributed by atoms with van der Waals surface area (Å²) < 4.78 is 2.89. The fourth-order valence-electron chi connectivity index (χ4n) is 5.51. The molecule has 0 fully saturated rings. The maximum Gasteiger partial charge on any atom is 0.261 e. The molecular formula is C27H23BrN2O. The molecule has 2 aliphatic rings. The van der Waals surface area contributed by atoms with Crippen molar-refractivity contribution in [2.45, 2.75) is 38.1 Å². The molecule has 0 bridgehead atoms. The molecule has 6 rings (SSSR count). The molecule has 0 radical (unpaired) electrons. The standard InChI is InChI=1S/C27H23BrN2O/c28-18-11-13-24-25(15-18)29-26-14-10-17(16-30(26)27(24)31)9-12-23-21-7-3-1-5-19(21)20-6-2-4-8-22(20)23/h1-8,11,13,15,17,23H,9-10,12,14,16H2. The van der Waals surface area contributed by atoms with Gasteiger partial charge in [-0.2, -0.15) is 0 Å². The SMILES string of the molecule is O=c1c2ccc(Br)cc2nc2n1CC(CCC1c3ccccc3-c3ccccc31)CC2. The molecule has 0 saturated heterocycles. The van der Waals surface area contributed by atoms with Gasteiger partial charge < -0.3 is 0 Å². The van der Waals surface area contributed by atoms with Crippen molar-refractivity contribution in [3.8, 4) is 11.1 Å². The van der Waals surface area contributed by atoms with E-state index >= 15 is 0 Å². The fourth-order valence-corrected chi connectivity index (χ4v) is 5.86. The van der Waals surface area contributed by atoms with Gasteiger partial charge in [0.05, 0.1) is 10.9 Å². The number of hydrogen-bond acceptors (Lipinski definition) is 2. The number of aryl methyl sites for hydroxylation is 1. The summed E-state index contributed by atoms with van der Waals surface area (Å²) in [6.45, 7) is 0.781. The predicted molar refractivity (Wildman–Crippen MR) is 128 cm³/mol. The average Bonchev–Trinajstić information content (AvgIpc) is 3.12. The summed E-state index contributed by atoms with van der Waals surface area (Å²) in [7, 11) is 0. The van der Waals surface area contributed by atoms with Crippen molar-refractivity contribution >= 4 is 26.8 Å². The largest absolute Gasteiger partial charge is 0.296 e. The minimum Gasteiger partial charge on any atom is -0.296 e. The van der Waals surface area contributed by atoms with Crippen molar-refractivity contribution in [2.24, 2.45) is 5.92 Å². The van der Waals surface area contributed by atoms with Gasteiger partial charge in [-0.25, -0.2) is 4.98 Å². The Morgan fingerprint density at radius 1 is 0.935 bits per heavy atom. The van der Waals surface area contributed by atoms with Crippen LogP contribution in [0.4, 0.5) is 0 Å². The van der Waals surface area contributed by atoms with Gasteiger partial charge >= 0.3 is 0 Å². The fraction of sp³-hybridized carbons (Fsp3) is 0.259. The molecule has 0 N–H and O–H groups in total. The highest BCUT2D eigenvalue weighted by molar-refractivity contribution is 9.10. The highest BCUT2D eigenvalue weighted by Crippen LogP contribution is 2.47. The van der Waals surface area contributed by atoms with Crippen molar-refractivity contribution < 1.29 is 0 Å². The van der Waals surface area contributed by atoms with E-state index in [0.717, 1.165) is 48.0 Å². The van der Waals surface area contributed by atoms with Gasteiger partial charge in [0.2, 0.25) is 0 Å². The Morgan fingerprint density at radius 2 is 1.65 bits per heavy atom. The number of benzene rings is 3. The summed E-state index contributed by atoms with van der Waals surface area (Å²) in [6, 6.07) is 23.4. The Kier molecular flexibility index (Phi) is 4.57. The number of hydrogen-bond donors (Lipinski definition) is 0. The number of nitrogens with zero attached hydrogens (tertiary/aromatic N) is 2. The van der Waals surface area contributed by atoms with Crippen molar-refractivity contribution in [1.82, 2.24) is 9.55 Å². The first-order valence-electron chi connectivity index (χ1n) is 11.1. The second-order valence-corrected chi connectivity index (χ2v) is 9.73. The predicted octanol–water partition coefficient (Wildman–Crippen LogP) is 6.31. The zero-order chi connectivity index (χ0) is 20.9. The van der Waals surface area contributed by atoms with Crippen LogP contribution in [0.1, 0.15) is 42.1 Å². The van der Waals surface area contributed by atoms with Crippen LogP contribution in [0.15, 0.2) is 76.0 Å². The van der Waals surface area contributed by atoms with Crippen molar-refractivity contribution in [3.05, 3.63) is 98.5 Å². The van der Waals surface area contributed by atoms with Gasteiger partial charge in [-0.1, -0.05) is 64.5 Å². The zero-order valence-electron chi connectivity index (χ0n) is 17.2. The molecule has 0 amide bonds. The molecule has 4 aromatic rings. The van der Waals surface area contributed by atoms with Gasteiger partial charge in [0.1, 0.15) is 5.82 Å². The van der Waals surface area contributed by atoms with Crippen LogP contribution < -0.4 is 5.56 Å². The van der Waals surface area contributed by atoms with Gasteiger partial charge in [0, 0.05) is 23.4 Å². The third-order valence-corrected chi connectivity index (χ3v) is 7.53. The van der Waals surface area contributed by atoms with E-state index in [-0.39, 0.29) is 5.56 Å². The molecule has 3 aromatic carbocycles. The minimum absolute atomic E-state index is 0.105. The van der Waals surface area contributed by atoms with Crippen LogP contribution in [0, 0.1) is 5.92 Å². The van der Waals surface area contributed by atoms with Crippen LogP contribution in [-0.2, 0) is 13.0 Å². The molecule has 1 aliphatic carbocycles. The molecule has 0 saturated carbocycles. The van der Waals surface area contributed by atoms with Gasteiger partial charge in [-0.15, -0.1) is 0 Å². The molecular weight excluding hydrogens is 448 g/mol. The summed E-state index contributed by atoms with van der Waals surface area (Å²) in [6.07, 6.45) is 4.22. The molecule has 31 heavy (non-hydrogen) atoms. The lowest BCUT2D eigenvalue weighted by atomic mass is 9.86. The van der Waals surface area contributed by atoms with Crippen molar-refractivity contribution in [2.75, 3.05) is 0 Å². The topological polar surface area (TPSA) is 34.9 Å². The van der Waals surface area contributed by atoms with Crippen LogP contribution in [0.5, 0.6) is 0 Å². The van der Waals surface area contributed by atoms with Crippen LogP contribution in [-0.4, -0.2) is 9.55 Å². The number of rotatable bonds is 3. The second-order valence-electron chi connectivity index (χ2n) is 8.81. The second kappa shape index (κ2) is 7.45. The molecule has 1 atom stereocenters. The molecule has 4 heteroatoms. The molecule has 154 valence electrons. The number of halogens is 1. The summed E-state index contributed by atoms with van der Waals surface area (Å²) in [5, 5.41) is 0.714. The lowest BCUT2D eigenvalue weighted by molar-refractivity contribution is 0.325. The third-order valence-electron chi connectivity index (χ3n) is 7.04. The minimum atomic E-state index is 0.105. The Bertz CT molecular complexity index is 1330. The molecule has 0 spiro atoms. The Morgan fingerprint density at radius 3 is 2.39 bits per heavy atom. The van der Waals surface area contributed by atoms with E-state index in [1.807, 2.05) is 22.8 Å². The summed E-state index contributed by atoms with van der Waals surface area (Å²) >= 11 is 3.49. The normalized spacial score (nSPS) is 17.4. The van der Waals surface area contributed by atoms with Crippen LogP contribution >= 0.6 is 15.9 Å². The highest BCUT2D eigenvalue weighted by Gasteiger charge is 2.29. The van der Waals surface area contributed by atoms with E-state index in [1.165, 1.54) is 22.3 Å². The molecule has 1 aromatic heterocycles. The highest BCUT2D eigenvalue weighted by atomic mass is 79.9. The molecule has 1 aliphatic heterocycles. The quantitative estimate of drug-likeness (QED) is 0.351. The maximum absolute atomic E-state index is 13.1. The number of aromatic nitrogens is 2. The first-order chi connectivity index (χ1) is 15.2. The zero-order valence-corrected chi connectivity index (χ0v) is 18.8. The molecule has 3 nitrogen and oxygen atoms in total. The van der Waals surface area contributed by atoms with E-state index in [0.29, 0.717) is 17.2 Å². The summed E-state index contributed by atoms with van der Waals surface area (Å²) in [5.41, 5.74) is 6.58. The lowest BCUT2D eigenvalue weighted by Crippen LogP contribution is -2.32. The monoisotopic (exact) mass is 470 g/mol. The van der Waals surface area contributed by atoms with Crippen LogP contribution in [0.2, 0.25) is 0 Å². The van der Waals surface area contributed by atoms with Crippen molar-refractivity contribution in [3.63, 3.8) is 0 Å². The first-order valence-corrected chi connectivity index (χ1v) is 11.9. The van der Waals surface area contributed by atoms with E-state index in [9.17, 15) is 4.79 Å². The number of fused-ring (bicyclic) bond motifs is 5. The van der Waals surface area contributed by atoms with Crippen molar-refractivity contribution in [1.29, 1.82) is 0 Å². The average molecular weight is 471 g/mol. The van der Waals surface area contributed by atoms with E-state index in [1.54, 1.807) is 0 Å². The van der Waals surface area contributed by atoms with Gasteiger partial charge in [0.25, 0.3) is 5.56 Å². The maximum atomic E-state index is 13.1. The van der Waals surface area contributed by atoms with Gasteiger partial charge in [-0.3, -0.25) is 9.36 Å². The lowest BCUT2D eigenvalue weighted by Gasteiger charge is -2.27. The molecule has 2 heterocycles. The smallest absolute Gasteiger partial charge is 0.261 e. The van der Waals surface area contributed by atoms with Crippen LogP contribution in [0.25, 0.3) is 22.0 Å². The van der Waals surface area contributed by atoms with E-state index < -0.39 is 0 Å². The Balaban J connectivity index is 1.26. The van der Waals surface area contributed by atoms with E-state index in [4.69, 9.17) is 4.98 Å². The summed E-state index contributed by atoms with van der Waals surface area (Å²) in [4.78, 5) is 17.9. The van der Waals surface area contributed by atoms with Gasteiger partial charge in [-0.05, 0) is 65.6 Å². The van der Waals surface area contributed by atoms with Crippen LogP contribution in [0.3, 0.4) is 0 Å². The summed E-state index contributed by atoms with van der Waals surface area (Å²) in [5.74, 6) is 1.90. The van der Waals surface area contributed by atoms with Gasteiger partial charge in [0.15, 0.2) is 0 Å². The Hall–Kier alpha value is -2.72. The Labute approximate surface area is 189 Å². The van der Waals surface area contributed by atoms with E-state index in [2.05, 4.69) is 64.5 Å².